The summed E-state index contributed by atoms with van der Waals surface area (Å²) in [7, 11) is 0. The van der Waals surface area contributed by atoms with Gasteiger partial charge in [0.25, 0.3) is 0 Å². The Morgan fingerprint density at radius 2 is 2.11 bits per heavy atom. The molecule has 0 fully saturated rings. The molecule has 0 aliphatic carbocycles. The molecule has 1 aromatic heterocycles. The molecule has 0 saturated heterocycles. The van der Waals surface area contributed by atoms with Gasteiger partial charge in [0.2, 0.25) is 5.13 Å². The molecular formula is C14H15N3OS. The summed E-state index contributed by atoms with van der Waals surface area (Å²) in [5.74, 6) is 0.0333. The van der Waals surface area contributed by atoms with Gasteiger partial charge in [-0.25, -0.2) is 4.98 Å². The number of hydrogen-bond acceptors (Lipinski definition) is 5. The van der Waals surface area contributed by atoms with Gasteiger partial charge in [0.1, 0.15) is 0 Å². The summed E-state index contributed by atoms with van der Waals surface area (Å²) in [4.78, 5) is 16.3. The van der Waals surface area contributed by atoms with Gasteiger partial charge in [0, 0.05) is 6.92 Å². The maximum Gasteiger partial charge on any atom is 0.204 e. The largest absolute Gasteiger partial charge is 0.294 e. The van der Waals surface area contributed by atoms with Gasteiger partial charge >= 0.3 is 0 Å². The molecule has 1 aromatic carbocycles. The molecule has 4 nitrogen and oxygen atoms in total. The van der Waals surface area contributed by atoms with Gasteiger partial charge in [-0.2, -0.15) is 5.10 Å². The van der Waals surface area contributed by atoms with Crippen LogP contribution in [0.25, 0.3) is 0 Å². The van der Waals surface area contributed by atoms with E-state index < -0.39 is 0 Å². The highest BCUT2D eigenvalue weighted by molar-refractivity contribution is 7.17. The van der Waals surface area contributed by atoms with Crippen molar-refractivity contribution < 1.29 is 4.79 Å². The molecular weight excluding hydrogens is 258 g/mol. The Morgan fingerprint density at radius 1 is 1.37 bits per heavy atom. The first-order valence-electron chi connectivity index (χ1n) is 5.91. The van der Waals surface area contributed by atoms with Crippen molar-refractivity contribution in [1.82, 2.24) is 4.98 Å². The molecule has 0 atom stereocenters. The van der Waals surface area contributed by atoms with Crippen LogP contribution in [0.4, 0.5) is 5.13 Å². The van der Waals surface area contributed by atoms with Crippen molar-refractivity contribution in [3.05, 3.63) is 46.0 Å². The molecule has 0 saturated carbocycles. The van der Waals surface area contributed by atoms with E-state index in [2.05, 4.69) is 15.5 Å². The van der Waals surface area contributed by atoms with Crippen LogP contribution in [-0.2, 0) is 0 Å². The number of nitrogens with one attached hydrogen (secondary N) is 1. The second kappa shape index (κ2) is 5.75. The van der Waals surface area contributed by atoms with E-state index in [0.717, 1.165) is 16.8 Å². The minimum absolute atomic E-state index is 0.0333. The second-order valence-corrected chi connectivity index (χ2v) is 5.22. The lowest BCUT2D eigenvalue weighted by Crippen LogP contribution is -1.91. The summed E-state index contributed by atoms with van der Waals surface area (Å²) in [5, 5.41) is 4.78. The predicted octanol–water partition coefficient (Wildman–Crippen LogP) is 3.41. The Bertz CT molecular complexity index is 631. The quantitative estimate of drug-likeness (QED) is 0.527. The number of hydrogen-bond donors (Lipinski definition) is 1. The van der Waals surface area contributed by atoms with Crippen LogP contribution in [0.5, 0.6) is 0 Å². The van der Waals surface area contributed by atoms with Gasteiger partial charge in [-0.05, 0) is 25.0 Å². The number of Topliss-reactive ketones (excluding diaryl/α,β-unsaturated/α-hetero) is 1. The molecule has 0 amide bonds. The van der Waals surface area contributed by atoms with E-state index >= 15 is 0 Å². The first kappa shape index (κ1) is 13.4. The number of nitrogens with zero attached hydrogens (tertiary/aromatic N) is 2. The van der Waals surface area contributed by atoms with Crippen molar-refractivity contribution in [1.29, 1.82) is 0 Å². The van der Waals surface area contributed by atoms with E-state index in [0.29, 0.717) is 10.0 Å². The van der Waals surface area contributed by atoms with Crippen LogP contribution in [0, 0.1) is 13.8 Å². The van der Waals surface area contributed by atoms with E-state index in [4.69, 9.17) is 0 Å². The summed E-state index contributed by atoms with van der Waals surface area (Å²) in [6, 6.07) is 7.98. The smallest absolute Gasteiger partial charge is 0.204 e. The number of aryl methyl sites for hydroxylation is 2. The van der Waals surface area contributed by atoms with Crippen LogP contribution in [0.3, 0.4) is 0 Å². The number of thiazole rings is 1. The minimum atomic E-state index is 0.0333. The van der Waals surface area contributed by atoms with Gasteiger partial charge in [-0.15, -0.1) is 0 Å². The summed E-state index contributed by atoms with van der Waals surface area (Å²) < 4.78 is 0. The molecule has 5 heteroatoms. The number of hydrazone groups is 1. The van der Waals surface area contributed by atoms with Crippen molar-refractivity contribution >= 4 is 28.5 Å². The van der Waals surface area contributed by atoms with Crippen LogP contribution >= 0.6 is 11.3 Å². The van der Waals surface area contributed by atoms with Crippen molar-refractivity contribution in [2.24, 2.45) is 5.10 Å². The predicted molar refractivity (Wildman–Crippen MR) is 79.3 cm³/mol. The lowest BCUT2D eigenvalue weighted by Gasteiger charge is -1.97. The number of rotatable bonds is 4. The fourth-order valence-corrected chi connectivity index (χ4v) is 2.47. The Balaban J connectivity index is 2.09. The van der Waals surface area contributed by atoms with Crippen molar-refractivity contribution in [2.75, 3.05) is 5.43 Å². The first-order valence-corrected chi connectivity index (χ1v) is 6.72. The summed E-state index contributed by atoms with van der Waals surface area (Å²) in [6.07, 6.45) is 1.75. The van der Waals surface area contributed by atoms with E-state index in [1.54, 1.807) is 13.1 Å². The van der Waals surface area contributed by atoms with Crippen LogP contribution in [0.15, 0.2) is 29.4 Å². The summed E-state index contributed by atoms with van der Waals surface area (Å²) in [5.41, 5.74) is 5.81. The zero-order valence-electron chi connectivity index (χ0n) is 11.1. The monoisotopic (exact) mass is 273 g/mol. The third-order valence-electron chi connectivity index (χ3n) is 2.67. The molecule has 0 spiro atoms. The van der Waals surface area contributed by atoms with Crippen LogP contribution in [0.1, 0.15) is 33.4 Å². The van der Waals surface area contributed by atoms with Gasteiger partial charge in [-0.1, -0.05) is 35.6 Å². The van der Waals surface area contributed by atoms with Gasteiger partial charge in [0.15, 0.2) is 5.78 Å². The number of aromatic nitrogens is 1. The maximum atomic E-state index is 11.3. The molecule has 0 aliphatic rings. The third kappa shape index (κ3) is 3.26. The number of benzene rings is 1. The maximum absolute atomic E-state index is 11.3. The Kier molecular flexibility index (Phi) is 4.06. The zero-order chi connectivity index (χ0) is 13.8. The molecule has 0 radical (unpaired) electrons. The number of anilines is 1. The molecule has 1 N–H and O–H groups in total. The molecule has 0 bridgehead atoms. The standard InChI is InChI=1S/C14H15N3OS/c1-9-6-4-5-7-12(9)8-15-17-14-16-10(2)13(19-14)11(3)18/h4-8H,1-3H3,(H,16,17)/b15-8-. The fourth-order valence-electron chi connectivity index (χ4n) is 1.66. The normalized spacial score (nSPS) is 10.9. The zero-order valence-corrected chi connectivity index (χ0v) is 11.9. The molecule has 1 heterocycles. The van der Waals surface area contributed by atoms with E-state index in [-0.39, 0.29) is 5.78 Å². The first-order chi connectivity index (χ1) is 9.08. The van der Waals surface area contributed by atoms with Gasteiger partial charge < -0.3 is 0 Å². The lowest BCUT2D eigenvalue weighted by molar-refractivity contribution is 0.102. The SMILES string of the molecule is CC(=O)c1sc(N/N=C\c2ccccc2C)nc1C. The van der Waals surface area contributed by atoms with Crippen molar-refractivity contribution in [2.45, 2.75) is 20.8 Å². The van der Waals surface area contributed by atoms with Crippen molar-refractivity contribution in [3.63, 3.8) is 0 Å². The van der Waals surface area contributed by atoms with E-state index in [1.807, 2.05) is 38.1 Å². The highest BCUT2D eigenvalue weighted by Gasteiger charge is 2.10. The third-order valence-corrected chi connectivity index (χ3v) is 3.83. The fraction of sp³-hybridized carbons (Fsp3) is 0.214. The van der Waals surface area contributed by atoms with Crippen LogP contribution in [-0.4, -0.2) is 17.0 Å². The Morgan fingerprint density at radius 3 is 2.74 bits per heavy atom. The molecule has 2 rings (SSSR count). The van der Waals surface area contributed by atoms with Gasteiger partial charge in [0.05, 0.1) is 16.8 Å². The highest BCUT2D eigenvalue weighted by atomic mass is 32.1. The summed E-state index contributed by atoms with van der Waals surface area (Å²) in [6.45, 7) is 5.40. The average Bonchev–Trinajstić information content (AvgIpc) is 2.73. The van der Waals surface area contributed by atoms with Gasteiger partial charge in [-0.3, -0.25) is 10.2 Å². The second-order valence-electron chi connectivity index (χ2n) is 4.22. The highest BCUT2D eigenvalue weighted by Crippen LogP contribution is 2.22. The minimum Gasteiger partial charge on any atom is -0.294 e. The lowest BCUT2D eigenvalue weighted by atomic mass is 10.1. The Hall–Kier alpha value is -2.01. The average molecular weight is 273 g/mol. The number of carbonyl (C=O) groups is 1. The molecule has 2 aromatic rings. The summed E-state index contributed by atoms with van der Waals surface area (Å²) >= 11 is 1.32. The molecule has 98 valence electrons. The van der Waals surface area contributed by atoms with E-state index in [9.17, 15) is 4.79 Å². The van der Waals surface area contributed by atoms with E-state index in [1.165, 1.54) is 11.3 Å². The molecule has 0 unspecified atom stereocenters. The Labute approximate surface area is 116 Å². The topological polar surface area (TPSA) is 54.4 Å². The van der Waals surface area contributed by atoms with Crippen LogP contribution < -0.4 is 5.43 Å². The molecule has 0 aliphatic heterocycles. The number of ketones is 1. The molecule has 19 heavy (non-hydrogen) atoms. The van der Waals surface area contributed by atoms with Crippen LogP contribution in [0.2, 0.25) is 0 Å². The van der Waals surface area contributed by atoms with Crippen molar-refractivity contribution in [3.8, 4) is 0 Å². The number of carbonyl (C=O) groups excluding carboxylic acids is 1.